The lowest BCUT2D eigenvalue weighted by molar-refractivity contribution is 0.589. The Morgan fingerprint density at radius 3 is 2.10 bits per heavy atom. The van der Waals surface area contributed by atoms with Gasteiger partial charge in [0, 0.05) is 11.7 Å². The molecule has 0 saturated heterocycles. The van der Waals surface area contributed by atoms with Crippen LogP contribution in [0.15, 0.2) is 24.3 Å². The van der Waals surface area contributed by atoms with Gasteiger partial charge in [0.15, 0.2) is 0 Å². The maximum Gasteiger partial charge on any atom is 0.229 e. The quantitative estimate of drug-likeness (QED) is 0.840. The SMILES string of the molecule is CC[C@@H](NS(=O)C(C)(C)C)c1ccc(NS(C)(=O)=O)cc1. The van der Waals surface area contributed by atoms with E-state index in [9.17, 15) is 12.6 Å². The predicted molar refractivity (Wildman–Crippen MR) is 89.0 cm³/mol. The van der Waals surface area contributed by atoms with Gasteiger partial charge in [-0.15, -0.1) is 0 Å². The highest BCUT2D eigenvalue weighted by Crippen LogP contribution is 2.22. The fourth-order valence-electron chi connectivity index (χ4n) is 1.69. The van der Waals surface area contributed by atoms with E-state index in [-0.39, 0.29) is 10.8 Å². The Morgan fingerprint density at radius 1 is 1.19 bits per heavy atom. The van der Waals surface area contributed by atoms with Crippen molar-refractivity contribution in [2.75, 3.05) is 11.0 Å². The Hall–Kier alpha value is -0.920. The van der Waals surface area contributed by atoms with Gasteiger partial charge in [0.05, 0.1) is 22.0 Å². The molecule has 2 atom stereocenters. The molecule has 21 heavy (non-hydrogen) atoms. The van der Waals surface area contributed by atoms with Crippen LogP contribution in [0.4, 0.5) is 5.69 Å². The monoisotopic (exact) mass is 332 g/mol. The van der Waals surface area contributed by atoms with E-state index in [4.69, 9.17) is 0 Å². The Balaban J connectivity index is 2.85. The minimum atomic E-state index is -3.27. The van der Waals surface area contributed by atoms with Gasteiger partial charge >= 0.3 is 0 Å². The highest BCUT2D eigenvalue weighted by molar-refractivity contribution is 7.92. The molecule has 1 aromatic rings. The number of hydrogen-bond donors (Lipinski definition) is 2. The predicted octanol–water partition coefficient (Wildman–Crippen LogP) is 2.56. The van der Waals surface area contributed by atoms with Gasteiger partial charge in [0.1, 0.15) is 0 Å². The van der Waals surface area contributed by atoms with Crippen LogP contribution in [0, 0.1) is 0 Å². The maximum absolute atomic E-state index is 12.2. The Morgan fingerprint density at radius 2 is 1.71 bits per heavy atom. The van der Waals surface area contributed by atoms with E-state index in [0.717, 1.165) is 18.2 Å². The molecule has 7 heteroatoms. The van der Waals surface area contributed by atoms with E-state index < -0.39 is 21.0 Å². The second kappa shape index (κ2) is 6.89. The highest BCUT2D eigenvalue weighted by atomic mass is 32.2. The molecule has 2 N–H and O–H groups in total. The first-order chi connectivity index (χ1) is 9.53. The summed E-state index contributed by atoms with van der Waals surface area (Å²) < 4.78 is 39.7. The van der Waals surface area contributed by atoms with Crippen molar-refractivity contribution in [2.45, 2.75) is 44.9 Å². The van der Waals surface area contributed by atoms with Crippen LogP contribution < -0.4 is 9.44 Å². The first kappa shape index (κ1) is 18.1. The molecule has 1 unspecified atom stereocenters. The van der Waals surface area contributed by atoms with Gasteiger partial charge in [0.2, 0.25) is 10.0 Å². The number of anilines is 1. The Kier molecular flexibility index (Phi) is 5.95. The molecular weight excluding hydrogens is 308 g/mol. The van der Waals surface area contributed by atoms with Gasteiger partial charge in [-0.2, -0.15) is 0 Å². The molecule has 5 nitrogen and oxygen atoms in total. The summed E-state index contributed by atoms with van der Waals surface area (Å²) >= 11 is 0. The van der Waals surface area contributed by atoms with Crippen LogP contribution in [0.5, 0.6) is 0 Å². The zero-order valence-electron chi connectivity index (χ0n) is 13.1. The third-order valence-corrected chi connectivity index (χ3v) is 5.05. The summed E-state index contributed by atoms with van der Waals surface area (Å²) in [5, 5.41) is 0. The van der Waals surface area contributed by atoms with Crippen molar-refractivity contribution in [3.05, 3.63) is 29.8 Å². The molecule has 1 aromatic carbocycles. The molecular formula is C14H24N2O3S2. The lowest BCUT2D eigenvalue weighted by Crippen LogP contribution is -2.35. The molecule has 0 aromatic heterocycles. The van der Waals surface area contributed by atoms with E-state index in [2.05, 4.69) is 9.44 Å². The third-order valence-electron chi connectivity index (χ3n) is 2.83. The van der Waals surface area contributed by atoms with Crippen molar-refractivity contribution in [3.63, 3.8) is 0 Å². The average Bonchev–Trinajstić information content (AvgIpc) is 2.33. The zero-order chi connectivity index (χ0) is 16.3. The number of hydrogen-bond acceptors (Lipinski definition) is 3. The van der Waals surface area contributed by atoms with E-state index in [1.54, 1.807) is 12.1 Å². The fraction of sp³-hybridized carbons (Fsp3) is 0.571. The maximum atomic E-state index is 12.2. The van der Waals surface area contributed by atoms with E-state index in [1.807, 2.05) is 39.8 Å². The molecule has 0 aliphatic heterocycles. The molecule has 0 fully saturated rings. The second-order valence-electron chi connectivity index (χ2n) is 5.96. The van der Waals surface area contributed by atoms with Crippen molar-refractivity contribution in [1.29, 1.82) is 0 Å². The first-order valence-electron chi connectivity index (χ1n) is 6.78. The lowest BCUT2D eigenvalue weighted by Gasteiger charge is -2.24. The summed E-state index contributed by atoms with van der Waals surface area (Å²) in [5.74, 6) is 0. The lowest BCUT2D eigenvalue weighted by atomic mass is 10.1. The van der Waals surface area contributed by atoms with Gasteiger partial charge in [-0.25, -0.2) is 17.3 Å². The van der Waals surface area contributed by atoms with E-state index >= 15 is 0 Å². The molecule has 0 aliphatic carbocycles. The van der Waals surface area contributed by atoms with Crippen LogP contribution in [0.2, 0.25) is 0 Å². The summed E-state index contributed by atoms with van der Waals surface area (Å²) in [5.41, 5.74) is 1.50. The number of rotatable bonds is 6. The van der Waals surface area contributed by atoms with Crippen molar-refractivity contribution < 1.29 is 12.6 Å². The van der Waals surface area contributed by atoms with Gasteiger partial charge in [0.25, 0.3) is 0 Å². The summed E-state index contributed by atoms with van der Waals surface area (Å²) in [6.07, 6.45) is 1.91. The minimum absolute atomic E-state index is 0.0302. The van der Waals surface area contributed by atoms with Crippen molar-refractivity contribution >= 4 is 26.7 Å². The van der Waals surface area contributed by atoms with Crippen LogP contribution >= 0.6 is 0 Å². The molecule has 0 radical (unpaired) electrons. The van der Waals surface area contributed by atoms with Gasteiger partial charge in [-0.1, -0.05) is 19.1 Å². The Bertz CT molecular complexity index is 590. The van der Waals surface area contributed by atoms with Gasteiger partial charge in [-0.3, -0.25) is 4.72 Å². The van der Waals surface area contributed by atoms with E-state index in [1.165, 1.54) is 0 Å². The normalized spacial score (nSPS) is 15.5. The van der Waals surface area contributed by atoms with Crippen LogP contribution in [0.25, 0.3) is 0 Å². The number of benzene rings is 1. The van der Waals surface area contributed by atoms with Crippen molar-refractivity contribution in [2.24, 2.45) is 0 Å². The first-order valence-corrected chi connectivity index (χ1v) is 9.83. The molecule has 0 bridgehead atoms. The Labute approximate surface area is 130 Å². The molecule has 0 amide bonds. The highest BCUT2D eigenvalue weighted by Gasteiger charge is 2.22. The fourth-order valence-corrected chi connectivity index (χ4v) is 3.17. The van der Waals surface area contributed by atoms with Crippen LogP contribution in [-0.4, -0.2) is 23.6 Å². The topological polar surface area (TPSA) is 75.3 Å². The van der Waals surface area contributed by atoms with Crippen molar-refractivity contribution in [1.82, 2.24) is 4.72 Å². The summed E-state index contributed by atoms with van der Waals surface area (Å²) in [7, 11) is -4.42. The molecule has 0 aliphatic rings. The molecule has 120 valence electrons. The number of sulfonamides is 1. The third kappa shape index (κ3) is 6.15. The van der Waals surface area contributed by atoms with E-state index in [0.29, 0.717) is 5.69 Å². The minimum Gasteiger partial charge on any atom is -0.284 e. The van der Waals surface area contributed by atoms with Gasteiger partial charge in [-0.05, 0) is 44.9 Å². The van der Waals surface area contributed by atoms with Gasteiger partial charge < -0.3 is 0 Å². The van der Waals surface area contributed by atoms with Crippen molar-refractivity contribution in [3.8, 4) is 0 Å². The summed E-state index contributed by atoms with van der Waals surface area (Å²) in [4.78, 5) is 0. The molecule has 0 heterocycles. The van der Waals surface area contributed by atoms with Crippen LogP contribution in [0.3, 0.4) is 0 Å². The summed E-state index contributed by atoms with van der Waals surface area (Å²) in [6, 6.07) is 7.07. The van der Waals surface area contributed by atoms with Crippen LogP contribution in [-0.2, 0) is 21.0 Å². The smallest absolute Gasteiger partial charge is 0.229 e. The average molecular weight is 332 g/mol. The second-order valence-corrected chi connectivity index (χ2v) is 9.70. The largest absolute Gasteiger partial charge is 0.284 e. The molecule has 1 rings (SSSR count). The molecule has 0 saturated carbocycles. The zero-order valence-corrected chi connectivity index (χ0v) is 14.8. The summed E-state index contributed by atoms with van der Waals surface area (Å²) in [6.45, 7) is 7.77. The molecule has 0 spiro atoms. The number of nitrogens with one attached hydrogen (secondary N) is 2. The van der Waals surface area contributed by atoms with Crippen LogP contribution in [0.1, 0.15) is 45.7 Å². The standard InChI is InChI=1S/C14H24N2O3S2/c1-6-13(15-20(17)14(2,3)4)11-7-9-12(10-8-11)16-21(5,18)19/h7-10,13,15-16H,6H2,1-5H3/t13-,20?/m1/s1.